The van der Waals surface area contributed by atoms with Gasteiger partial charge in [0.1, 0.15) is 0 Å². The van der Waals surface area contributed by atoms with Gasteiger partial charge in [-0.25, -0.2) is 0 Å². The number of hydrogen-bond acceptors (Lipinski definition) is 1. The summed E-state index contributed by atoms with van der Waals surface area (Å²) in [6.45, 7) is 6.81. The van der Waals surface area contributed by atoms with Crippen LogP contribution in [0.1, 0.15) is 52.9 Å². The van der Waals surface area contributed by atoms with Gasteiger partial charge in [0.05, 0.1) is 0 Å². The fourth-order valence-electron chi connectivity index (χ4n) is 2.03. The summed E-state index contributed by atoms with van der Waals surface area (Å²) in [7, 11) is 0. The highest BCUT2D eigenvalue weighted by Gasteiger charge is 2.22. The quantitative estimate of drug-likeness (QED) is 0.690. The molecule has 1 heteroatoms. The zero-order valence-corrected chi connectivity index (χ0v) is 8.77. The molecule has 0 aromatic carbocycles. The molecule has 1 rings (SSSR count). The summed E-state index contributed by atoms with van der Waals surface area (Å²) in [6, 6.07) is 0.440. The Morgan fingerprint density at radius 2 is 1.92 bits per heavy atom. The van der Waals surface area contributed by atoms with E-state index in [-0.39, 0.29) is 0 Å². The molecule has 0 radical (unpaired) electrons. The molecule has 0 unspecified atom stereocenters. The second kappa shape index (κ2) is 3.78. The largest absolute Gasteiger partial charge is 0.328 e. The van der Waals surface area contributed by atoms with E-state index in [9.17, 15) is 0 Å². The molecule has 0 aromatic heterocycles. The number of hydrogen-bond donors (Lipinski definition) is 1. The highest BCUT2D eigenvalue weighted by atomic mass is 14.6. The minimum Gasteiger partial charge on any atom is -0.328 e. The molecule has 12 heavy (non-hydrogen) atoms. The summed E-state index contributed by atoms with van der Waals surface area (Å²) in [4.78, 5) is 0. The summed E-state index contributed by atoms with van der Waals surface area (Å²) in [5.74, 6) is 0.961. The average Bonchev–Trinajstić information content (AvgIpc) is 1.74. The van der Waals surface area contributed by atoms with E-state index in [4.69, 9.17) is 5.73 Å². The first-order valence-corrected chi connectivity index (χ1v) is 5.23. The van der Waals surface area contributed by atoms with Gasteiger partial charge in [0.2, 0.25) is 0 Å². The Labute approximate surface area is 76.7 Å². The zero-order chi connectivity index (χ0) is 9.19. The van der Waals surface area contributed by atoms with Crippen molar-refractivity contribution >= 4 is 0 Å². The molecule has 1 saturated carbocycles. The van der Waals surface area contributed by atoms with Gasteiger partial charge in [0.25, 0.3) is 0 Å². The van der Waals surface area contributed by atoms with Gasteiger partial charge in [-0.1, -0.05) is 40.0 Å². The Morgan fingerprint density at radius 3 is 2.25 bits per heavy atom. The van der Waals surface area contributed by atoms with Crippen LogP contribution in [0.5, 0.6) is 0 Å². The Bertz CT molecular complexity index is 130. The third-order valence-electron chi connectivity index (χ3n) is 2.74. The van der Waals surface area contributed by atoms with E-state index in [0.717, 1.165) is 5.92 Å². The first-order chi connectivity index (χ1) is 5.47. The maximum absolute atomic E-state index is 6.07. The van der Waals surface area contributed by atoms with Gasteiger partial charge >= 0.3 is 0 Å². The fourth-order valence-corrected chi connectivity index (χ4v) is 2.03. The molecule has 0 heterocycles. The Kier molecular flexibility index (Phi) is 3.16. The van der Waals surface area contributed by atoms with Crippen LogP contribution in [-0.2, 0) is 0 Å². The van der Waals surface area contributed by atoms with Crippen molar-refractivity contribution in [2.45, 2.75) is 58.9 Å². The molecule has 0 saturated heterocycles. The lowest BCUT2D eigenvalue weighted by molar-refractivity contribution is 0.242. The lowest BCUT2D eigenvalue weighted by Crippen LogP contribution is -2.30. The van der Waals surface area contributed by atoms with Crippen LogP contribution < -0.4 is 5.73 Å². The van der Waals surface area contributed by atoms with Crippen LogP contribution in [0.15, 0.2) is 0 Å². The molecular formula is C11H23N. The highest BCUT2D eigenvalue weighted by molar-refractivity contribution is 4.78. The smallest absolute Gasteiger partial charge is 0.00464 e. The van der Waals surface area contributed by atoms with E-state index in [1.54, 1.807) is 0 Å². The van der Waals surface area contributed by atoms with Crippen LogP contribution in [-0.4, -0.2) is 6.04 Å². The molecular weight excluding hydrogens is 146 g/mol. The van der Waals surface area contributed by atoms with Crippen molar-refractivity contribution in [2.75, 3.05) is 0 Å². The molecule has 2 N–H and O–H groups in total. The summed E-state index contributed by atoms with van der Waals surface area (Å²) in [6.07, 6.45) is 6.73. The first kappa shape index (κ1) is 10.0. The summed E-state index contributed by atoms with van der Waals surface area (Å²) in [5.41, 5.74) is 6.48. The van der Waals surface area contributed by atoms with Crippen LogP contribution in [0.2, 0.25) is 0 Å². The normalized spacial score (nSPS) is 22.0. The average molecular weight is 169 g/mol. The van der Waals surface area contributed by atoms with Crippen LogP contribution in [0, 0.1) is 11.3 Å². The summed E-state index contributed by atoms with van der Waals surface area (Å²) in [5, 5.41) is 0. The minimum absolute atomic E-state index is 0.406. The van der Waals surface area contributed by atoms with Crippen molar-refractivity contribution in [3.05, 3.63) is 0 Å². The van der Waals surface area contributed by atoms with E-state index < -0.39 is 0 Å². The van der Waals surface area contributed by atoms with Gasteiger partial charge in [-0.2, -0.15) is 0 Å². The minimum atomic E-state index is 0.406. The maximum Gasteiger partial charge on any atom is 0.00464 e. The van der Waals surface area contributed by atoms with Gasteiger partial charge in [-0.3, -0.25) is 0 Å². The predicted molar refractivity (Wildman–Crippen MR) is 54.0 cm³/mol. The molecule has 0 spiro atoms. The van der Waals surface area contributed by atoms with Crippen molar-refractivity contribution in [1.82, 2.24) is 0 Å². The molecule has 0 bridgehead atoms. The standard InChI is InChI=1S/C11H23N/c1-11(2,3)8-10(12)7-9-5-4-6-9/h9-10H,4-8,12H2,1-3H3/t10-/m0/s1. The number of rotatable bonds is 3. The summed E-state index contributed by atoms with van der Waals surface area (Å²) < 4.78 is 0. The topological polar surface area (TPSA) is 26.0 Å². The lowest BCUT2D eigenvalue weighted by Gasteiger charge is -2.30. The molecule has 0 amide bonds. The van der Waals surface area contributed by atoms with E-state index in [0.29, 0.717) is 11.5 Å². The number of nitrogens with two attached hydrogens (primary N) is 1. The third kappa shape index (κ3) is 3.57. The van der Waals surface area contributed by atoms with Crippen molar-refractivity contribution < 1.29 is 0 Å². The SMILES string of the molecule is CC(C)(C)C[C@@H](N)CC1CCC1. The second-order valence-corrected chi connectivity index (χ2v) is 5.56. The zero-order valence-electron chi connectivity index (χ0n) is 8.77. The van der Waals surface area contributed by atoms with Crippen LogP contribution >= 0.6 is 0 Å². The van der Waals surface area contributed by atoms with Crippen molar-refractivity contribution in [3.63, 3.8) is 0 Å². The lowest BCUT2D eigenvalue weighted by atomic mass is 9.78. The molecule has 0 aromatic rings. The van der Waals surface area contributed by atoms with Gasteiger partial charge in [0, 0.05) is 6.04 Å². The van der Waals surface area contributed by atoms with E-state index >= 15 is 0 Å². The van der Waals surface area contributed by atoms with E-state index in [2.05, 4.69) is 20.8 Å². The van der Waals surface area contributed by atoms with Gasteiger partial charge < -0.3 is 5.73 Å². The molecule has 1 atom stereocenters. The highest BCUT2D eigenvalue weighted by Crippen LogP contribution is 2.32. The van der Waals surface area contributed by atoms with Crippen molar-refractivity contribution in [3.8, 4) is 0 Å². The fraction of sp³-hybridized carbons (Fsp3) is 1.00. The Morgan fingerprint density at radius 1 is 1.33 bits per heavy atom. The van der Waals surface area contributed by atoms with E-state index in [1.807, 2.05) is 0 Å². The van der Waals surface area contributed by atoms with Crippen LogP contribution in [0.3, 0.4) is 0 Å². The molecule has 72 valence electrons. The molecule has 1 aliphatic rings. The summed E-state index contributed by atoms with van der Waals surface area (Å²) >= 11 is 0. The molecule has 1 fully saturated rings. The van der Waals surface area contributed by atoms with Gasteiger partial charge in [-0.05, 0) is 24.2 Å². The Hall–Kier alpha value is -0.0400. The maximum atomic E-state index is 6.07. The van der Waals surface area contributed by atoms with Crippen LogP contribution in [0.25, 0.3) is 0 Å². The van der Waals surface area contributed by atoms with Gasteiger partial charge in [-0.15, -0.1) is 0 Å². The molecule has 1 aliphatic carbocycles. The van der Waals surface area contributed by atoms with Crippen molar-refractivity contribution in [2.24, 2.45) is 17.1 Å². The first-order valence-electron chi connectivity index (χ1n) is 5.23. The molecule has 0 aliphatic heterocycles. The molecule has 1 nitrogen and oxygen atoms in total. The monoisotopic (exact) mass is 169 g/mol. The Balaban J connectivity index is 2.14. The predicted octanol–water partition coefficient (Wildman–Crippen LogP) is 2.94. The third-order valence-corrected chi connectivity index (χ3v) is 2.74. The second-order valence-electron chi connectivity index (χ2n) is 5.56. The van der Waals surface area contributed by atoms with Crippen molar-refractivity contribution in [1.29, 1.82) is 0 Å². The van der Waals surface area contributed by atoms with Crippen LogP contribution in [0.4, 0.5) is 0 Å². The van der Waals surface area contributed by atoms with Gasteiger partial charge in [0.15, 0.2) is 0 Å². The van der Waals surface area contributed by atoms with E-state index in [1.165, 1.54) is 32.1 Å².